The maximum atomic E-state index is 11.6. The summed E-state index contributed by atoms with van der Waals surface area (Å²) in [7, 11) is 0. The Hall–Kier alpha value is -1.81. The van der Waals surface area contributed by atoms with Crippen LogP contribution in [0.15, 0.2) is 41.8 Å². The van der Waals surface area contributed by atoms with Crippen LogP contribution in [0.25, 0.3) is 0 Å². The number of nitrogens with one attached hydrogen (secondary N) is 2. The van der Waals surface area contributed by atoms with Crippen molar-refractivity contribution in [3.8, 4) is 0 Å². The summed E-state index contributed by atoms with van der Waals surface area (Å²) in [5.74, 6) is 0. The van der Waals surface area contributed by atoms with Crippen LogP contribution < -0.4 is 10.6 Å². The first-order valence-electron chi connectivity index (χ1n) is 5.88. The van der Waals surface area contributed by atoms with Gasteiger partial charge in [-0.15, -0.1) is 11.3 Å². The molecule has 1 aromatic carbocycles. The molecular formula is C14H16N2OS. The van der Waals surface area contributed by atoms with Crippen LogP contribution >= 0.6 is 11.3 Å². The van der Waals surface area contributed by atoms with Crippen molar-refractivity contribution in [2.75, 3.05) is 11.9 Å². The topological polar surface area (TPSA) is 41.1 Å². The Kier molecular flexibility index (Phi) is 4.36. The Labute approximate surface area is 111 Å². The third-order valence-corrected chi connectivity index (χ3v) is 3.45. The standard InChI is InChI=1S/C14H16N2OS/c1-11-4-2-5-12(10-11)16-14(17)15-8-7-13-6-3-9-18-13/h2-6,9-10H,7-8H2,1H3,(H2,15,16,17). The molecule has 0 spiro atoms. The van der Waals surface area contributed by atoms with E-state index < -0.39 is 0 Å². The molecule has 3 nitrogen and oxygen atoms in total. The van der Waals surface area contributed by atoms with Gasteiger partial charge in [-0.25, -0.2) is 4.79 Å². The highest BCUT2D eigenvalue weighted by molar-refractivity contribution is 7.09. The molecule has 0 saturated carbocycles. The number of carbonyl (C=O) groups is 1. The van der Waals surface area contributed by atoms with E-state index in [1.807, 2.05) is 42.6 Å². The summed E-state index contributed by atoms with van der Waals surface area (Å²) in [6, 6.07) is 11.7. The van der Waals surface area contributed by atoms with Gasteiger partial charge in [0, 0.05) is 17.1 Å². The van der Waals surface area contributed by atoms with Gasteiger partial charge in [0.25, 0.3) is 0 Å². The fourth-order valence-electron chi connectivity index (χ4n) is 1.65. The Bertz CT molecular complexity index is 508. The normalized spacial score (nSPS) is 10.1. The van der Waals surface area contributed by atoms with Gasteiger partial charge in [-0.3, -0.25) is 0 Å². The SMILES string of the molecule is Cc1cccc(NC(=O)NCCc2cccs2)c1. The molecule has 0 saturated heterocycles. The minimum Gasteiger partial charge on any atom is -0.338 e. The fourth-order valence-corrected chi connectivity index (χ4v) is 2.36. The van der Waals surface area contributed by atoms with Crippen LogP contribution in [0.3, 0.4) is 0 Å². The zero-order valence-corrected chi connectivity index (χ0v) is 11.1. The summed E-state index contributed by atoms with van der Waals surface area (Å²) in [6.45, 7) is 2.65. The second-order valence-corrected chi connectivity index (χ2v) is 5.11. The highest BCUT2D eigenvalue weighted by Gasteiger charge is 2.01. The molecule has 1 heterocycles. The molecule has 2 amide bonds. The van der Waals surface area contributed by atoms with E-state index in [0.29, 0.717) is 6.54 Å². The third-order valence-electron chi connectivity index (χ3n) is 2.51. The lowest BCUT2D eigenvalue weighted by Gasteiger charge is -2.07. The Balaban J connectivity index is 1.75. The van der Waals surface area contributed by atoms with Gasteiger partial charge in [-0.1, -0.05) is 18.2 Å². The van der Waals surface area contributed by atoms with Crippen molar-refractivity contribution in [2.24, 2.45) is 0 Å². The van der Waals surface area contributed by atoms with E-state index in [1.165, 1.54) is 4.88 Å². The molecule has 0 radical (unpaired) electrons. The van der Waals surface area contributed by atoms with Crippen molar-refractivity contribution in [1.82, 2.24) is 5.32 Å². The number of anilines is 1. The van der Waals surface area contributed by atoms with Crippen molar-refractivity contribution in [3.05, 3.63) is 52.2 Å². The van der Waals surface area contributed by atoms with E-state index >= 15 is 0 Å². The van der Waals surface area contributed by atoms with E-state index in [4.69, 9.17) is 0 Å². The number of hydrogen-bond donors (Lipinski definition) is 2. The van der Waals surface area contributed by atoms with Gasteiger partial charge in [0.05, 0.1) is 0 Å². The van der Waals surface area contributed by atoms with E-state index in [9.17, 15) is 4.79 Å². The van der Waals surface area contributed by atoms with Gasteiger partial charge in [-0.05, 0) is 42.5 Å². The summed E-state index contributed by atoms with van der Waals surface area (Å²) in [5.41, 5.74) is 1.95. The average molecular weight is 260 g/mol. The predicted octanol–water partition coefficient (Wildman–Crippen LogP) is 3.42. The van der Waals surface area contributed by atoms with E-state index in [1.54, 1.807) is 11.3 Å². The second kappa shape index (κ2) is 6.21. The molecule has 0 aliphatic heterocycles. The lowest BCUT2D eigenvalue weighted by atomic mass is 10.2. The molecule has 18 heavy (non-hydrogen) atoms. The molecule has 4 heteroatoms. The summed E-state index contributed by atoms with van der Waals surface area (Å²) in [5, 5.41) is 7.71. The molecule has 0 atom stereocenters. The summed E-state index contributed by atoms with van der Waals surface area (Å²) in [6.07, 6.45) is 0.874. The average Bonchev–Trinajstić information content (AvgIpc) is 2.82. The summed E-state index contributed by atoms with van der Waals surface area (Å²) < 4.78 is 0. The molecule has 0 fully saturated rings. The number of carbonyl (C=O) groups excluding carboxylic acids is 1. The fraction of sp³-hybridized carbons (Fsp3) is 0.214. The third kappa shape index (κ3) is 3.89. The molecule has 1 aromatic heterocycles. The van der Waals surface area contributed by atoms with Gasteiger partial charge in [0.2, 0.25) is 0 Å². The van der Waals surface area contributed by atoms with Crippen LogP contribution in [0.2, 0.25) is 0 Å². The van der Waals surface area contributed by atoms with Crippen molar-refractivity contribution in [3.63, 3.8) is 0 Å². The Morgan fingerprint density at radius 3 is 2.89 bits per heavy atom. The van der Waals surface area contributed by atoms with E-state index in [-0.39, 0.29) is 6.03 Å². The van der Waals surface area contributed by atoms with Crippen LogP contribution in [0, 0.1) is 6.92 Å². The Morgan fingerprint density at radius 1 is 1.28 bits per heavy atom. The minimum absolute atomic E-state index is 0.155. The molecule has 2 aromatic rings. The number of amides is 2. The van der Waals surface area contributed by atoms with Crippen LogP contribution in [-0.2, 0) is 6.42 Å². The lowest BCUT2D eigenvalue weighted by molar-refractivity contribution is 0.252. The van der Waals surface area contributed by atoms with E-state index in [0.717, 1.165) is 17.7 Å². The lowest BCUT2D eigenvalue weighted by Crippen LogP contribution is -2.30. The van der Waals surface area contributed by atoms with Crippen LogP contribution in [-0.4, -0.2) is 12.6 Å². The first-order valence-corrected chi connectivity index (χ1v) is 6.76. The van der Waals surface area contributed by atoms with Crippen molar-refractivity contribution >= 4 is 23.1 Å². The maximum Gasteiger partial charge on any atom is 0.319 e. The molecule has 0 unspecified atom stereocenters. The quantitative estimate of drug-likeness (QED) is 0.869. The monoisotopic (exact) mass is 260 g/mol. The molecule has 2 rings (SSSR count). The zero-order chi connectivity index (χ0) is 12.8. The number of aryl methyl sites for hydroxylation is 1. The molecular weight excluding hydrogens is 244 g/mol. The minimum atomic E-state index is -0.155. The molecule has 0 aliphatic rings. The number of hydrogen-bond acceptors (Lipinski definition) is 2. The van der Waals surface area contributed by atoms with Gasteiger partial charge >= 0.3 is 6.03 Å². The van der Waals surface area contributed by atoms with E-state index in [2.05, 4.69) is 16.7 Å². The smallest absolute Gasteiger partial charge is 0.319 e. The number of thiophene rings is 1. The maximum absolute atomic E-state index is 11.6. The largest absolute Gasteiger partial charge is 0.338 e. The van der Waals surface area contributed by atoms with Crippen LogP contribution in [0.4, 0.5) is 10.5 Å². The van der Waals surface area contributed by atoms with Gasteiger partial charge < -0.3 is 10.6 Å². The first kappa shape index (κ1) is 12.6. The van der Waals surface area contributed by atoms with Crippen molar-refractivity contribution in [2.45, 2.75) is 13.3 Å². The van der Waals surface area contributed by atoms with Gasteiger partial charge in [-0.2, -0.15) is 0 Å². The second-order valence-electron chi connectivity index (χ2n) is 4.08. The highest BCUT2D eigenvalue weighted by atomic mass is 32.1. The van der Waals surface area contributed by atoms with Crippen LogP contribution in [0.1, 0.15) is 10.4 Å². The van der Waals surface area contributed by atoms with Gasteiger partial charge in [0.15, 0.2) is 0 Å². The highest BCUT2D eigenvalue weighted by Crippen LogP contribution is 2.10. The molecule has 94 valence electrons. The number of rotatable bonds is 4. The molecule has 0 bridgehead atoms. The molecule has 0 aliphatic carbocycles. The van der Waals surface area contributed by atoms with Crippen molar-refractivity contribution in [1.29, 1.82) is 0 Å². The summed E-state index contributed by atoms with van der Waals surface area (Å²) in [4.78, 5) is 12.9. The Morgan fingerprint density at radius 2 is 2.17 bits per heavy atom. The van der Waals surface area contributed by atoms with Gasteiger partial charge in [0.1, 0.15) is 0 Å². The van der Waals surface area contributed by atoms with Crippen LogP contribution in [0.5, 0.6) is 0 Å². The zero-order valence-electron chi connectivity index (χ0n) is 10.3. The summed E-state index contributed by atoms with van der Waals surface area (Å²) >= 11 is 1.71. The number of benzene rings is 1. The number of urea groups is 1. The predicted molar refractivity (Wildman–Crippen MR) is 76.2 cm³/mol. The molecule has 2 N–H and O–H groups in total. The first-order chi connectivity index (χ1) is 8.74. The van der Waals surface area contributed by atoms with Crippen molar-refractivity contribution < 1.29 is 4.79 Å².